The summed E-state index contributed by atoms with van der Waals surface area (Å²) in [5.74, 6) is 1.85. The van der Waals surface area contributed by atoms with Crippen LogP contribution in [0.3, 0.4) is 0 Å². The van der Waals surface area contributed by atoms with Crippen LogP contribution in [-0.2, 0) is 4.79 Å². The Morgan fingerprint density at radius 2 is 1.95 bits per heavy atom. The van der Waals surface area contributed by atoms with Gasteiger partial charge in [-0.1, -0.05) is 6.92 Å². The van der Waals surface area contributed by atoms with E-state index in [2.05, 4.69) is 22.0 Å². The lowest BCUT2D eigenvalue weighted by molar-refractivity contribution is -0.132. The van der Waals surface area contributed by atoms with E-state index in [1.54, 1.807) is 0 Å². The third-order valence-electron chi connectivity index (χ3n) is 4.59. The molecule has 2 fully saturated rings. The van der Waals surface area contributed by atoms with Crippen molar-refractivity contribution < 1.29 is 4.79 Å². The largest absolute Gasteiger partial charge is 0.341 e. The van der Waals surface area contributed by atoms with Crippen molar-refractivity contribution in [1.82, 2.24) is 15.1 Å². The average molecular weight is 267 g/mol. The van der Waals surface area contributed by atoms with Gasteiger partial charge in [0.15, 0.2) is 0 Å². The van der Waals surface area contributed by atoms with E-state index < -0.39 is 0 Å². The van der Waals surface area contributed by atoms with E-state index in [-0.39, 0.29) is 5.91 Å². The molecule has 0 bridgehead atoms. The fraction of sp³-hybridized carbons (Fsp3) is 0.933. The summed E-state index contributed by atoms with van der Waals surface area (Å²) >= 11 is 0. The summed E-state index contributed by atoms with van der Waals surface area (Å²) in [6.07, 6.45) is 5.14. The molecule has 1 atom stereocenters. The summed E-state index contributed by atoms with van der Waals surface area (Å²) in [5.41, 5.74) is 0. The van der Waals surface area contributed by atoms with Crippen LogP contribution in [0.4, 0.5) is 0 Å². The zero-order chi connectivity index (χ0) is 13.7. The Kier molecular flexibility index (Phi) is 5.64. The number of likely N-dealkylation sites (tertiary alicyclic amines) is 2. The zero-order valence-corrected chi connectivity index (χ0v) is 12.5. The number of carbonyl (C=O) groups is 1. The molecule has 1 amide bonds. The van der Waals surface area contributed by atoms with Crippen molar-refractivity contribution in [1.29, 1.82) is 0 Å². The second kappa shape index (κ2) is 7.25. The van der Waals surface area contributed by atoms with Crippen LogP contribution in [0.2, 0.25) is 0 Å². The van der Waals surface area contributed by atoms with E-state index in [1.165, 1.54) is 45.3 Å². The summed E-state index contributed by atoms with van der Waals surface area (Å²) in [6, 6.07) is 0. The van der Waals surface area contributed by atoms with E-state index in [4.69, 9.17) is 0 Å². The van der Waals surface area contributed by atoms with Crippen molar-refractivity contribution in [3.8, 4) is 0 Å². The molecule has 2 aliphatic rings. The molecule has 110 valence electrons. The number of carbonyl (C=O) groups excluding carboxylic acids is 1. The van der Waals surface area contributed by atoms with Crippen LogP contribution < -0.4 is 5.32 Å². The van der Waals surface area contributed by atoms with Crippen LogP contribution in [-0.4, -0.2) is 62.0 Å². The lowest BCUT2D eigenvalue weighted by Gasteiger charge is -2.37. The van der Waals surface area contributed by atoms with Gasteiger partial charge in [0.25, 0.3) is 0 Å². The van der Waals surface area contributed by atoms with Crippen molar-refractivity contribution in [2.45, 2.75) is 32.6 Å². The molecule has 2 saturated heterocycles. The topological polar surface area (TPSA) is 35.6 Å². The maximum absolute atomic E-state index is 11.9. The quantitative estimate of drug-likeness (QED) is 0.831. The normalized spacial score (nSPS) is 26.6. The second-order valence-corrected chi connectivity index (χ2v) is 6.36. The smallest absolute Gasteiger partial charge is 0.236 e. The summed E-state index contributed by atoms with van der Waals surface area (Å²) in [4.78, 5) is 16.6. The zero-order valence-electron chi connectivity index (χ0n) is 12.5. The van der Waals surface area contributed by atoms with E-state index in [0.29, 0.717) is 12.5 Å². The molecule has 4 nitrogen and oxygen atoms in total. The minimum Gasteiger partial charge on any atom is -0.341 e. The predicted octanol–water partition coefficient (Wildman–Crippen LogP) is 1.18. The summed E-state index contributed by atoms with van der Waals surface area (Å²) < 4.78 is 0. The molecule has 0 radical (unpaired) electrons. The molecule has 1 N–H and O–H groups in total. The van der Waals surface area contributed by atoms with Crippen LogP contribution in [0.15, 0.2) is 0 Å². The Labute approximate surface area is 117 Å². The van der Waals surface area contributed by atoms with Gasteiger partial charge in [-0.05, 0) is 57.7 Å². The third-order valence-corrected chi connectivity index (χ3v) is 4.59. The van der Waals surface area contributed by atoms with E-state index in [9.17, 15) is 4.79 Å². The summed E-state index contributed by atoms with van der Waals surface area (Å²) in [5, 5.41) is 2.96. The van der Waals surface area contributed by atoms with Crippen molar-refractivity contribution >= 4 is 5.91 Å². The highest BCUT2D eigenvalue weighted by Crippen LogP contribution is 2.21. The van der Waals surface area contributed by atoms with E-state index in [1.807, 2.05) is 7.05 Å². The number of hydrogen-bond acceptors (Lipinski definition) is 3. The van der Waals surface area contributed by atoms with Gasteiger partial charge in [0.1, 0.15) is 0 Å². The molecule has 4 heteroatoms. The molecule has 19 heavy (non-hydrogen) atoms. The van der Waals surface area contributed by atoms with E-state index >= 15 is 0 Å². The molecule has 0 aromatic carbocycles. The summed E-state index contributed by atoms with van der Waals surface area (Å²) in [6.45, 7) is 8.45. The van der Waals surface area contributed by atoms with Crippen molar-refractivity contribution in [3.63, 3.8) is 0 Å². The maximum atomic E-state index is 11.9. The molecule has 0 aromatic rings. The van der Waals surface area contributed by atoms with Crippen LogP contribution in [0, 0.1) is 11.8 Å². The van der Waals surface area contributed by atoms with Crippen LogP contribution in [0.5, 0.6) is 0 Å². The van der Waals surface area contributed by atoms with Gasteiger partial charge in [-0.2, -0.15) is 0 Å². The number of rotatable bonds is 4. The van der Waals surface area contributed by atoms with Gasteiger partial charge in [-0.25, -0.2) is 0 Å². The second-order valence-electron chi connectivity index (χ2n) is 6.36. The van der Waals surface area contributed by atoms with Gasteiger partial charge in [-0.15, -0.1) is 0 Å². The number of piperidine rings is 2. The highest BCUT2D eigenvalue weighted by Gasteiger charge is 2.25. The Morgan fingerprint density at radius 3 is 2.63 bits per heavy atom. The first-order valence-electron chi connectivity index (χ1n) is 7.83. The monoisotopic (exact) mass is 267 g/mol. The average Bonchev–Trinajstić information content (AvgIpc) is 2.42. The van der Waals surface area contributed by atoms with Crippen molar-refractivity contribution in [2.24, 2.45) is 11.8 Å². The Bertz CT molecular complexity index is 287. The van der Waals surface area contributed by atoms with Crippen molar-refractivity contribution in [3.05, 3.63) is 0 Å². The Balaban J connectivity index is 1.76. The van der Waals surface area contributed by atoms with Crippen LogP contribution in [0.25, 0.3) is 0 Å². The third kappa shape index (κ3) is 4.46. The molecular weight excluding hydrogens is 238 g/mol. The van der Waals surface area contributed by atoms with Gasteiger partial charge >= 0.3 is 0 Å². The van der Waals surface area contributed by atoms with Gasteiger partial charge in [0.2, 0.25) is 5.91 Å². The Hall–Kier alpha value is -0.610. The number of amides is 1. The van der Waals surface area contributed by atoms with Crippen LogP contribution >= 0.6 is 0 Å². The van der Waals surface area contributed by atoms with Gasteiger partial charge in [-0.3, -0.25) is 4.79 Å². The van der Waals surface area contributed by atoms with Gasteiger partial charge < -0.3 is 15.1 Å². The van der Waals surface area contributed by atoms with Crippen molar-refractivity contribution in [2.75, 3.05) is 46.3 Å². The molecule has 2 heterocycles. The van der Waals surface area contributed by atoms with Gasteiger partial charge in [0, 0.05) is 19.6 Å². The predicted molar refractivity (Wildman–Crippen MR) is 78.1 cm³/mol. The van der Waals surface area contributed by atoms with Gasteiger partial charge in [0.05, 0.1) is 6.54 Å². The molecule has 1 unspecified atom stereocenters. The Morgan fingerprint density at radius 1 is 1.21 bits per heavy atom. The molecule has 0 aromatic heterocycles. The number of nitrogens with one attached hydrogen (secondary N) is 1. The SMILES string of the molecule is CNCC(=O)N1CCCC(CN2CCC(C)CC2)C1. The lowest BCUT2D eigenvalue weighted by atomic mass is 9.94. The number of likely N-dealkylation sites (N-methyl/N-ethyl adjacent to an activating group) is 1. The highest BCUT2D eigenvalue weighted by atomic mass is 16.2. The molecule has 0 aliphatic carbocycles. The number of hydrogen-bond donors (Lipinski definition) is 1. The highest BCUT2D eigenvalue weighted by molar-refractivity contribution is 5.78. The first-order chi connectivity index (χ1) is 9.19. The fourth-order valence-corrected chi connectivity index (χ4v) is 3.31. The maximum Gasteiger partial charge on any atom is 0.236 e. The molecule has 2 aliphatic heterocycles. The molecular formula is C15H29N3O. The minimum absolute atomic E-state index is 0.263. The fourth-order valence-electron chi connectivity index (χ4n) is 3.31. The first-order valence-corrected chi connectivity index (χ1v) is 7.83. The molecule has 0 spiro atoms. The molecule has 2 rings (SSSR count). The number of nitrogens with zero attached hydrogens (tertiary/aromatic N) is 2. The molecule has 0 saturated carbocycles. The van der Waals surface area contributed by atoms with E-state index in [0.717, 1.165) is 19.0 Å². The van der Waals surface area contributed by atoms with Crippen LogP contribution in [0.1, 0.15) is 32.6 Å². The standard InChI is InChI=1S/C15H29N3O/c1-13-5-8-17(9-6-13)11-14-4-3-7-18(12-14)15(19)10-16-2/h13-14,16H,3-12H2,1-2H3. The first kappa shape index (κ1) is 14.8. The summed E-state index contributed by atoms with van der Waals surface area (Å²) in [7, 11) is 1.84. The lowest BCUT2D eigenvalue weighted by Crippen LogP contribution is -2.47. The minimum atomic E-state index is 0.263.